The number of nitrogen functional groups attached to an aromatic ring is 1. The highest BCUT2D eigenvalue weighted by molar-refractivity contribution is 5.54. The van der Waals surface area contributed by atoms with Gasteiger partial charge in [0.15, 0.2) is 5.76 Å². The number of hydrogen-bond donors (Lipinski definition) is 2. The van der Waals surface area contributed by atoms with E-state index in [0.717, 1.165) is 11.4 Å². The van der Waals surface area contributed by atoms with E-state index in [-0.39, 0.29) is 5.95 Å². The van der Waals surface area contributed by atoms with Crippen LogP contribution in [-0.2, 0) is 6.54 Å². The van der Waals surface area contributed by atoms with Crippen molar-refractivity contribution in [2.24, 2.45) is 0 Å². The lowest BCUT2D eigenvalue weighted by molar-refractivity contribution is 0.580. The summed E-state index contributed by atoms with van der Waals surface area (Å²) in [5, 5.41) is 3.33. The molecule has 3 N–H and O–H groups in total. The summed E-state index contributed by atoms with van der Waals surface area (Å²) < 4.78 is 5.34. The fraction of sp³-hybridized carbons (Fsp3) is 0.125. The highest BCUT2D eigenvalue weighted by Crippen LogP contribution is 2.19. The molecule has 0 atom stereocenters. The smallest absolute Gasteiger partial charge is 0.220 e. The number of nitrogens with zero attached hydrogens (tertiary/aromatic N) is 2. The summed E-state index contributed by atoms with van der Waals surface area (Å²) in [7, 11) is 0. The van der Waals surface area contributed by atoms with Gasteiger partial charge in [-0.25, -0.2) is 9.97 Å². The summed E-state index contributed by atoms with van der Waals surface area (Å²) in [6.07, 6.45) is 1.61. The zero-order valence-electron chi connectivity index (χ0n) is 11.7. The molecule has 2 aromatic heterocycles. The van der Waals surface area contributed by atoms with Crippen LogP contribution in [0.25, 0.3) is 11.5 Å². The molecule has 2 heterocycles. The summed E-state index contributed by atoms with van der Waals surface area (Å²) in [6, 6.07) is 13.7. The van der Waals surface area contributed by atoms with Gasteiger partial charge in [-0.1, -0.05) is 12.1 Å². The number of nitrogens with two attached hydrogens (primary N) is 1. The van der Waals surface area contributed by atoms with Gasteiger partial charge in [0.25, 0.3) is 0 Å². The molecule has 5 nitrogen and oxygen atoms in total. The molecule has 0 spiro atoms. The largest absolute Gasteiger partial charge is 0.463 e. The van der Waals surface area contributed by atoms with Crippen molar-refractivity contribution in [1.82, 2.24) is 9.97 Å². The van der Waals surface area contributed by atoms with Gasteiger partial charge < -0.3 is 15.5 Å². The highest BCUT2D eigenvalue weighted by Gasteiger charge is 2.07. The molecule has 0 bridgehead atoms. The van der Waals surface area contributed by atoms with Crippen LogP contribution in [0.5, 0.6) is 0 Å². The second-order valence-corrected chi connectivity index (χ2v) is 4.80. The van der Waals surface area contributed by atoms with Gasteiger partial charge in [-0.05, 0) is 42.8 Å². The minimum absolute atomic E-state index is 0.241. The zero-order chi connectivity index (χ0) is 14.7. The SMILES string of the molecule is Cc1cccc(NCc2cc(-c3ccco3)nc(N)n2)c1. The Morgan fingerprint density at radius 1 is 1.14 bits per heavy atom. The fourth-order valence-electron chi connectivity index (χ4n) is 2.11. The van der Waals surface area contributed by atoms with Crippen molar-refractivity contribution in [3.63, 3.8) is 0 Å². The van der Waals surface area contributed by atoms with Gasteiger partial charge in [-0.2, -0.15) is 0 Å². The lowest BCUT2D eigenvalue weighted by Gasteiger charge is -2.08. The van der Waals surface area contributed by atoms with Crippen LogP contribution in [0.1, 0.15) is 11.3 Å². The molecule has 21 heavy (non-hydrogen) atoms. The Bertz CT molecular complexity index is 738. The molecule has 0 fully saturated rings. The molecule has 0 unspecified atom stereocenters. The second kappa shape index (κ2) is 5.66. The maximum Gasteiger partial charge on any atom is 0.220 e. The van der Waals surface area contributed by atoms with Crippen LogP contribution < -0.4 is 11.1 Å². The maximum absolute atomic E-state index is 5.77. The average Bonchev–Trinajstić information content (AvgIpc) is 2.99. The lowest BCUT2D eigenvalue weighted by Crippen LogP contribution is -2.06. The predicted octanol–water partition coefficient (Wildman–Crippen LogP) is 3.24. The fourth-order valence-corrected chi connectivity index (χ4v) is 2.11. The average molecular weight is 280 g/mol. The summed E-state index contributed by atoms with van der Waals surface area (Å²) in [4.78, 5) is 8.43. The molecule has 3 rings (SSSR count). The number of rotatable bonds is 4. The first-order valence-electron chi connectivity index (χ1n) is 6.68. The molecule has 0 amide bonds. The molecule has 0 saturated heterocycles. The van der Waals surface area contributed by atoms with E-state index in [1.807, 2.05) is 30.3 Å². The Balaban J connectivity index is 1.79. The summed E-state index contributed by atoms with van der Waals surface area (Å²) in [5.74, 6) is 0.922. The number of benzene rings is 1. The first-order chi connectivity index (χ1) is 10.2. The monoisotopic (exact) mass is 280 g/mol. The first-order valence-corrected chi connectivity index (χ1v) is 6.68. The Morgan fingerprint density at radius 3 is 2.81 bits per heavy atom. The van der Waals surface area contributed by atoms with E-state index in [2.05, 4.69) is 34.3 Å². The van der Waals surface area contributed by atoms with Crippen LogP contribution in [0.4, 0.5) is 11.6 Å². The number of anilines is 2. The van der Waals surface area contributed by atoms with Crippen LogP contribution in [0.3, 0.4) is 0 Å². The second-order valence-electron chi connectivity index (χ2n) is 4.80. The van der Waals surface area contributed by atoms with Crippen LogP contribution in [-0.4, -0.2) is 9.97 Å². The number of nitrogens with one attached hydrogen (secondary N) is 1. The predicted molar refractivity (Wildman–Crippen MR) is 82.7 cm³/mol. The van der Waals surface area contributed by atoms with Crippen LogP contribution in [0.2, 0.25) is 0 Å². The molecule has 0 saturated carbocycles. The van der Waals surface area contributed by atoms with E-state index in [0.29, 0.717) is 18.0 Å². The number of hydrogen-bond acceptors (Lipinski definition) is 5. The molecule has 0 radical (unpaired) electrons. The Morgan fingerprint density at radius 2 is 2.05 bits per heavy atom. The summed E-state index contributed by atoms with van der Waals surface area (Å²) in [5.41, 5.74) is 9.53. The van der Waals surface area contributed by atoms with Gasteiger partial charge in [0.05, 0.1) is 18.5 Å². The molecule has 5 heteroatoms. The normalized spacial score (nSPS) is 10.5. The maximum atomic E-state index is 5.77. The van der Waals surface area contributed by atoms with E-state index >= 15 is 0 Å². The van der Waals surface area contributed by atoms with E-state index < -0.39 is 0 Å². The van der Waals surface area contributed by atoms with Crippen molar-refractivity contribution in [1.29, 1.82) is 0 Å². The number of aromatic nitrogens is 2. The van der Waals surface area contributed by atoms with Gasteiger partial charge in [-0.3, -0.25) is 0 Å². The molecule has 0 aliphatic carbocycles. The van der Waals surface area contributed by atoms with Gasteiger partial charge >= 0.3 is 0 Å². The van der Waals surface area contributed by atoms with E-state index in [9.17, 15) is 0 Å². The Labute approximate surface area is 122 Å². The van der Waals surface area contributed by atoms with Crippen molar-refractivity contribution in [3.8, 4) is 11.5 Å². The quantitative estimate of drug-likeness (QED) is 0.767. The summed E-state index contributed by atoms with van der Waals surface area (Å²) >= 11 is 0. The minimum Gasteiger partial charge on any atom is -0.463 e. The van der Waals surface area contributed by atoms with Gasteiger partial charge in [0.1, 0.15) is 5.69 Å². The first kappa shape index (κ1) is 13.2. The van der Waals surface area contributed by atoms with E-state index in [4.69, 9.17) is 10.2 Å². The van der Waals surface area contributed by atoms with Crippen LogP contribution >= 0.6 is 0 Å². The molecule has 0 aliphatic rings. The van der Waals surface area contributed by atoms with Crippen molar-refractivity contribution in [2.75, 3.05) is 11.1 Å². The van der Waals surface area contributed by atoms with Gasteiger partial charge in [-0.15, -0.1) is 0 Å². The van der Waals surface area contributed by atoms with Crippen molar-refractivity contribution >= 4 is 11.6 Å². The number of aryl methyl sites for hydroxylation is 1. The van der Waals surface area contributed by atoms with E-state index in [1.165, 1.54) is 5.56 Å². The highest BCUT2D eigenvalue weighted by atomic mass is 16.3. The van der Waals surface area contributed by atoms with Crippen molar-refractivity contribution in [3.05, 3.63) is 60.0 Å². The third-order valence-electron chi connectivity index (χ3n) is 3.06. The molecule has 0 aliphatic heterocycles. The molecule has 106 valence electrons. The van der Waals surface area contributed by atoms with E-state index in [1.54, 1.807) is 6.26 Å². The number of furan rings is 1. The minimum atomic E-state index is 0.241. The van der Waals surface area contributed by atoms with Crippen LogP contribution in [0.15, 0.2) is 53.1 Å². The molecular formula is C16H16N4O. The van der Waals surface area contributed by atoms with Crippen LogP contribution in [0, 0.1) is 6.92 Å². The summed E-state index contributed by atoms with van der Waals surface area (Å²) in [6.45, 7) is 2.63. The third kappa shape index (κ3) is 3.20. The van der Waals surface area contributed by atoms with Gasteiger partial charge in [0, 0.05) is 5.69 Å². The Kier molecular flexibility index (Phi) is 3.55. The topological polar surface area (TPSA) is 77.0 Å². The van der Waals surface area contributed by atoms with Crippen molar-refractivity contribution in [2.45, 2.75) is 13.5 Å². The lowest BCUT2D eigenvalue weighted by atomic mass is 10.2. The van der Waals surface area contributed by atoms with Gasteiger partial charge in [0.2, 0.25) is 5.95 Å². The Hall–Kier alpha value is -2.82. The third-order valence-corrected chi connectivity index (χ3v) is 3.06. The van der Waals surface area contributed by atoms with Crippen molar-refractivity contribution < 1.29 is 4.42 Å². The molecular weight excluding hydrogens is 264 g/mol. The molecule has 3 aromatic rings. The molecule has 1 aromatic carbocycles. The standard InChI is InChI=1S/C16H16N4O/c1-11-4-2-5-12(8-11)18-10-13-9-14(20-16(17)19-13)15-6-3-7-21-15/h2-9,18H,10H2,1H3,(H2,17,19,20). The zero-order valence-corrected chi connectivity index (χ0v) is 11.7.